The van der Waals surface area contributed by atoms with Gasteiger partial charge in [0.2, 0.25) is 0 Å². The van der Waals surface area contributed by atoms with E-state index in [1.165, 1.54) is 25.3 Å². The number of carbonyl (C=O) groups is 1. The fourth-order valence-electron chi connectivity index (χ4n) is 1.00. The Morgan fingerprint density at radius 1 is 0.958 bits per heavy atom. The predicted octanol–water partition coefficient (Wildman–Crippen LogP) is -0.770. The fourth-order valence-corrected chi connectivity index (χ4v) is 1.86. The Bertz CT molecular complexity index is 693. The molecule has 13 heteroatoms. The molecule has 0 bridgehead atoms. The molecular formula is C11H8Cl4LiN4O4-. The first kappa shape index (κ1) is 28.0. The number of halogens is 4. The summed E-state index contributed by atoms with van der Waals surface area (Å²) in [6.07, 6.45) is 1.51. The van der Waals surface area contributed by atoms with Crippen molar-refractivity contribution in [1.82, 2.24) is 20.4 Å². The maximum Gasteiger partial charge on any atom is 1.00 e. The first-order valence-electron chi connectivity index (χ1n) is 5.11. The quantitative estimate of drug-likeness (QED) is 0.360. The first-order chi connectivity index (χ1) is 9.85. The molecule has 126 valence electrons. The Hall–Kier alpha value is -0.823. The average molecular weight is 409 g/mol. The molecule has 0 saturated heterocycles. The van der Waals surface area contributed by atoms with Gasteiger partial charge in [0.15, 0.2) is 10.9 Å². The predicted molar refractivity (Wildman–Crippen MR) is 84.5 cm³/mol. The molecule has 0 spiro atoms. The van der Waals surface area contributed by atoms with Crippen molar-refractivity contribution in [3.05, 3.63) is 43.9 Å². The minimum absolute atomic E-state index is 0. The van der Waals surface area contributed by atoms with Crippen LogP contribution in [0.2, 0.25) is 20.4 Å². The average Bonchev–Trinajstić information content (AvgIpc) is 2.39. The smallest absolute Gasteiger partial charge is 0.870 e. The molecule has 0 aliphatic carbocycles. The van der Waals surface area contributed by atoms with Crippen LogP contribution in [0.3, 0.4) is 0 Å². The van der Waals surface area contributed by atoms with E-state index in [-0.39, 0.29) is 67.3 Å². The van der Waals surface area contributed by atoms with Gasteiger partial charge in [0.05, 0.1) is 5.02 Å². The van der Waals surface area contributed by atoms with Crippen LogP contribution in [0.4, 0.5) is 0 Å². The van der Waals surface area contributed by atoms with E-state index < -0.39 is 0 Å². The Morgan fingerprint density at radius 2 is 1.42 bits per heavy atom. The maximum absolute atomic E-state index is 10.7. The van der Waals surface area contributed by atoms with E-state index in [4.69, 9.17) is 46.4 Å². The summed E-state index contributed by atoms with van der Waals surface area (Å²) in [6.45, 7) is 1.36. The van der Waals surface area contributed by atoms with Crippen LogP contribution in [0, 0.1) is 0 Å². The summed E-state index contributed by atoms with van der Waals surface area (Å²) in [7, 11) is 0. The van der Waals surface area contributed by atoms with Crippen molar-refractivity contribution in [2.24, 2.45) is 0 Å². The number of rotatable bonds is 2. The van der Waals surface area contributed by atoms with E-state index in [1.54, 1.807) is 0 Å². The number of hydrogen-bond donors (Lipinski definition) is 0. The first-order valence-corrected chi connectivity index (χ1v) is 6.63. The summed E-state index contributed by atoms with van der Waals surface area (Å²) < 4.78 is 0. The zero-order chi connectivity index (χ0) is 16.0. The van der Waals surface area contributed by atoms with Gasteiger partial charge in [-0.3, -0.25) is 4.79 Å². The Kier molecular flexibility index (Phi) is 15.7. The molecule has 24 heavy (non-hydrogen) atoms. The second-order valence-corrected chi connectivity index (χ2v) is 4.97. The molecule has 0 atom stereocenters. The molecule has 2 heterocycles. The molecule has 0 saturated carbocycles. The number of nitrogens with zero attached hydrogens (tertiary/aromatic N) is 4. The summed E-state index contributed by atoms with van der Waals surface area (Å²) in [6, 6.07) is 2.71. The van der Waals surface area contributed by atoms with Crippen LogP contribution >= 0.6 is 46.4 Å². The Labute approximate surface area is 168 Å². The van der Waals surface area contributed by atoms with Gasteiger partial charge in [0, 0.05) is 13.2 Å². The van der Waals surface area contributed by atoms with Gasteiger partial charge in [-0.05, 0) is 11.8 Å². The van der Waals surface area contributed by atoms with Crippen molar-refractivity contribution in [3.63, 3.8) is 0 Å². The SMILES string of the molecule is CC(=O)c1nnc(Cl)cc1Cl.O.O=[C-]c1nnc(Cl)cc1Cl.[Li+].[OH-]. The monoisotopic (exact) mass is 407 g/mol. The molecule has 2 aromatic rings. The number of hydrogen-bond acceptors (Lipinski definition) is 7. The largest absolute Gasteiger partial charge is 1.00 e. The van der Waals surface area contributed by atoms with Gasteiger partial charge in [-0.15, -0.1) is 15.3 Å². The van der Waals surface area contributed by atoms with E-state index in [1.807, 2.05) is 0 Å². The minimum Gasteiger partial charge on any atom is -0.870 e. The molecule has 0 unspecified atom stereocenters. The minimum atomic E-state index is -0.223. The summed E-state index contributed by atoms with van der Waals surface area (Å²) in [5, 5.41) is 14.5. The molecule has 0 aliphatic rings. The maximum atomic E-state index is 10.7. The third-order valence-corrected chi connectivity index (χ3v) is 2.81. The summed E-state index contributed by atoms with van der Waals surface area (Å²) in [5.41, 5.74) is 0.127. The number of aromatic nitrogens is 4. The number of ketones is 1. The number of Topliss-reactive ketones (excluding diaryl/α,β-unsaturated/α-hetero) is 1. The van der Waals surface area contributed by atoms with Gasteiger partial charge >= 0.3 is 18.9 Å². The normalized spacial score (nSPS) is 8.38. The van der Waals surface area contributed by atoms with Crippen molar-refractivity contribution in [2.45, 2.75) is 6.92 Å². The van der Waals surface area contributed by atoms with Gasteiger partial charge in [0.25, 0.3) is 0 Å². The standard InChI is InChI=1S/C6H4Cl2N2O.C5HCl2N2O.Li.2H2O/c1-3(11)6-4(7)2-5(8)9-10-6;6-3-1-5(7)9-8-4(3)2-10;;;/h2H,1H3;1H;;2*1H2/q;-1;+1;;/p-1. The van der Waals surface area contributed by atoms with Crippen LogP contribution in [0.1, 0.15) is 23.1 Å². The Morgan fingerprint density at radius 3 is 1.79 bits per heavy atom. The molecular weight excluding hydrogens is 401 g/mol. The van der Waals surface area contributed by atoms with Gasteiger partial charge in [-0.1, -0.05) is 45.9 Å². The van der Waals surface area contributed by atoms with Gasteiger partial charge in [-0.2, -0.15) is 5.10 Å². The van der Waals surface area contributed by atoms with E-state index in [0.717, 1.165) is 0 Å². The molecule has 0 amide bonds. The second-order valence-electron chi connectivity index (χ2n) is 3.39. The van der Waals surface area contributed by atoms with Crippen molar-refractivity contribution < 1.29 is 39.4 Å². The van der Waals surface area contributed by atoms with E-state index in [9.17, 15) is 9.59 Å². The molecule has 0 fully saturated rings. The number of carbonyl (C=O) groups excluding carboxylic acids is 2. The van der Waals surface area contributed by atoms with Crippen LogP contribution in [-0.4, -0.2) is 43.4 Å². The van der Waals surface area contributed by atoms with Crippen LogP contribution in [0.15, 0.2) is 12.1 Å². The van der Waals surface area contributed by atoms with E-state index in [2.05, 4.69) is 20.4 Å². The van der Waals surface area contributed by atoms with Crippen molar-refractivity contribution in [3.8, 4) is 0 Å². The summed E-state index contributed by atoms with van der Waals surface area (Å²) in [5.74, 6) is -0.223. The van der Waals surface area contributed by atoms with Crippen molar-refractivity contribution >= 4 is 58.5 Å². The van der Waals surface area contributed by atoms with E-state index in [0.29, 0.717) is 0 Å². The van der Waals surface area contributed by atoms with Crippen LogP contribution in [0.5, 0.6) is 0 Å². The van der Waals surface area contributed by atoms with Crippen molar-refractivity contribution in [2.75, 3.05) is 0 Å². The van der Waals surface area contributed by atoms with Crippen LogP contribution in [0.25, 0.3) is 0 Å². The summed E-state index contributed by atoms with van der Waals surface area (Å²) in [4.78, 5) is 20.7. The molecule has 3 N–H and O–H groups in total. The molecule has 0 radical (unpaired) electrons. The molecule has 8 nitrogen and oxygen atoms in total. The third-order valence-electron chi connectivity index (χ3n) is 1.87. The van der Waals surface area contributed by atoms with Gasteiger partial charge < -0.3 is 15.7 Å². The zero-order valence-electron chi connectivity index (χ0n) is 12.2. The second kappa shape index (κ2) is 13.5. The van der Waals surface area contributed by atoms with Crippen molar-refractivity contribution in [1.29, 1.82) is 0 Å². The van der Waals surface area contributed by atoms with Gasteiger partial charge in [0.1, 0.15) is 10.8 Å². The van der Waals surface area contributed by atoms with Crippen LogP contribution < -0.4 is 18.9 Å². The summed E-state index contributed by atoms with van der Waals surface area (Å²) >= 11 is 21.9. The third kappa shape index (κ3) is 8.87. The van der Waals surface area contributed by atoms with E-state index >= 15 is 0 Å². The molecule has 0 aromatic carbocycles. The van der Waals surface area contributed by atoms with Gasteiger partial charge in [-0.25, -0.2) is 11.6 Å². The fraction of sp³-hybridized carbons (Fsp3) is 0.0909. The topological polar surface area (TPSA) is 147 Å². The zero-order valence-corrected chi connectivity index (χ0v) is 15.2. The molecule has 2 rings (SSSR count). The molecule has 2 aromatic heterocycles. The molecule has 0 aliphatic heterocycles. The van der Waals surface area contributed by atoms with Crippen LogP contribution in [-0.2, 0) is 4.79 Å². The Balaban J connectivity index is -0.000000328.